The number of ether oxygens (including phenoxy) is 1. The molecule has 2 N–H and O–H groups in total. The molecule has 98 valence electrons. The first-order valence-electron chi connectivity index (χ1n) is 6.60. The van der Waals surface area contributed by atoms with Crippen LogP contribution in [0.25, 0.3) is 0 Å². The zero-order valence-corrected chi connectivity index (χ0v) is 11.2. The molecule has 0 aromatic heterocycles. The lowest BCUT2D eigenvalue weighted by atomic mass is 10.0. The van der Waals surface area contributed by atoms with Crippen LogP contribution < -0.4 is 5.32 Å². The lowest BCUT2D eigenvalue weighted by Crippen LogP contribution is -2.27. The van der Waals surface area contributed by atoms with Gasteiger partial charge in [0, 0.05) is 19.8 Å². The molecule has 0 radical (unpaired) electrons. The van der Waals surface area contributed by atoms with E-state index < -0.39 is 0 Å². The first-order chi connectivity index (χ1) is 7.70. The van der Waals surface area contributed by atoms with Gasteiger partial charge >= 0.3 is 0 Å². The van der Waals surface area contributed by atoms with Gasteiger partial charge in [0.2, 0.25) is 0 Å². The number of aliphatic hydroxyl groups excluding tert-OH is 1. The number of nitrogens with one attached hydrogen (secondary N) is 1. The zero-order chi connectivity index (χ0) is 12.2. The van der Waals surface area contributed by atoms with E-state index in [4.69, 9.17) is 9.84 Å². The predicted octanol–water partition coefficient (Wildman–Crippen LogP) is 2.05. The summed E-state index contributed by atoms with van der Waals surface area (Å²) in [6, 6.07) is 0. The quantitative estimate of drug-likeness (QED) is 0.535. The van der Waals surface area contributed by atoms with Gasteiger partial charge in [-0.1, -0.05) is 27.2 Å². The maximum Gasteiger partial charge on any atom is 0.0591 e. The molecule has 3 heteroatoms. The Hall–Kier alpha value is -0.120. The van der Waals surface area contributed by atoms with Crippen molar-refractivity contribution in [2.75, 3.05) is 32.9 Å². The molecule has 0 aliphatic rings. The molecule has 0 heterocycles. The van der Waals surface area contributed by atoms with Gasteiger partial charge in [0.1, 0.15) is 0 Å². The van der Waals surface area contributed by atoms with Crippen molar-refractivity contribution in [2.24, 2.45) is 11.8 Å². The third-order valence-corrected chi connectivity index (χ3v) is 2.54. The normalized spacial score (nSPS) is 13.3. The molecule has 1 atom stereocenters. The molecule has 16 heavy (non-hydrogen) atoms. The van der Waals surface area contributed by atoms with Crippen molar-refractivity contribution in [3.63, 3.8) is 0 Å². The minimum absolute atomic E-state index is 0.302. The van der Waals surface area contributed by atoms with Crippen LogP contribution >= 0.6 is 0 Å². The van der Waals surface area contributed by atoms with Crippen molar-refractivity contribution >= 4 is 0 Å². The fourth-order valence-corrected chi connectivity index (χ4v) is 1.71. The van der Waals surface area contributed by atoms with Crippen LogP contribution in [0.15, 0.2) is 0 Å². The van der Waals surface area contributed by atoms with E-state index in [9.17, 15) is 0 Å². The minimum atomic E-state index is 0.302. The Morgan fingerprint density at radius 2 is 2.00 bits per heavy atom. The average molecular weight is 231 g/mol. The first kappa shape index (κ1) is 15.9. The summed E-state index contributed by atoms with van der Waals surface area (Å²) < 4.78 is 5.48. The Balaban J connectivity index is 3.32. The SMILES string of the molecule is CCCC(CCO)CNCCOCC(C)C. The van der Waals surface area contributed by atoms with E-state index in [1.165, 1.54) is 12.8 Å². The summed E-state index contributed by atoms with van der Waals surface area (Å²) in [4.78, 5) is 0. The predicted molar refractivity (Wildman–Crippen MR) is 68.6 cm³/mol. The summed E-state index contributed by atoms with van der Waals surface area (Å²) in [5, 5.41) is 12.3. The second kappa shape index (κ2) is 11.4. The molecule has 0 aliphatic carbocycles. The second-order valence-corrected chi connectivity index (χ2v) is 4.84. The molecule has 0 amide bonds. The number of hydrogen-bond acceptors (Lipinski definition) is 3. The fraction of sp³-hybridized carbons (Fsp3) is 1.00. The van der Waals surface area contributed by atoms with Gasteiger partial charge in [-0.15, -0.1) is 0 Å². The zero-order valence-electron chi connectivity index (χ0n) is 11.2. The van der Waals surface area contributed by atoms with Gasteiger partial charge in [-0.2, -0.15) is 0 Å². The highest BCUT2D eigenvalue weighted by Gasteiger charge is 2.05. The topological polar surface area (TPSA) is 41.5 Å². The van der Waals surface area contributed by atoms with Crippen molar-refractivity contribution in [2.45, 2.75) is 40.0 Å². The van der Waals surface area contributed by atoms with E-state index in [0.717, 1.165) is 32.7 Å². The molecule has 0 bridgehead atoms. The second-order valence-electron chi connectivity index (χ2n) is 4.84. The van der Waals surface area contributed by atoms with E-state index in [1.54, 1.807) is 0 Å². The fourth-order valence-electron chi connectivity index (χ4n) is 1.71. The van der Waals surface area contributed by atoms with Gasteiger partial charge in [0.15, 0.2) is 0 Å². The highest BCUT2D eigenvalue weighted by molar-refractivity contribution is 4.61. The summed E-state index contributed by atoms with van der Waals surface area (Å²) in [7, 11) is 0. The van der Waals surface area contributed by atoms with Crippen LogP contribution in [0.4, 0.5) is 0 Å². The van der Waals surface area contributed by atoms with Crippen LogP contribution in [-0.4, -0.2) is 38.0 Å². The summed E-state index contributed by atoms with van der Waals surface area (Å²) in [6.45, 7) is 10.4. The first-order valence-corrected chi connectivity index (χ1v) is 6.60. The smallest absolute Gasteiger partial charge is 0.0591 e. The Morgan fingerprint density at radius 1 is 1.25 bits per heavy atom. The van der Waals surface area contributed by atoms with Crippen molar-refractivity contribution in [1.29, 1.82) is 0 Å². The minimum Gasteiger partial charge on any atom is -0.396 e. The molecular weight excluding hydrogens is 202 g/mol. The lowest BCUT2D eigenvalue weighted by Gasteiger charge is -2.15. The van der Waals surface area contributed by atoms with Gasteiger partial charge in [-0.05, 0) is 31.2 Å². The molecule has 0 fully saturated rings. The molecule has 0 saturated carbocycles. The van der Waals surface area contributed by atoms with Crippen molar-refractivity contribution < 1.29 is 9.84 Å². The van der Waals surface area contributed by atoms with E-state index in [-0.39, 0.29) is 0 Å². The highest BCUT2D eigenvalue weighted by Crippen LogP contribution is 2.08. The van der Waals surface area contributed by atoms with Gasteiger partial charge < -0.3 is 15.2 Å². The van der Waals surface area contributed by atoms with E-state index >= 15 is 0 Å². The molecule has 1 unspecified atom stereocenters. The largest absolute Gasteiger partial charge is 0.396 e. The lowest BCUT2D eigenvalue weighted by molar-refractivity contribution is 0.110. The Bertz CT molecular complexity index is 134. The van der Waals surface area contributed by atoms with E-state index in [0.29, 0.717) is 18.4 Å². The van der Waals surface area contributed by atoms with Crippen LogP contribution in [-0.2, 0) is 4.74 Å². The van der Waals surface area contributed by atoms with Crippen molar-refractivity contribution in [1.82, 2.24) is 5.32 Å². The molecule has 0 rings (SSSR count). The molecule has 0 spiro atoms. The third-order valence-electron chi connectivity index (χ3n) is 2.54. The molecule has 0 aromatic rings. The summed E-state index contributed by atoms with van der Waals surface area (Å²) in [6.07, 6.45) is 3.30. The number of rotatable bonds is 11. The van der Waals surface area contributed by atoms with Gasteiger partial charge in [0.05, 0.1) is 6.61 Å². The van der Waals surface area contributed by atoms with Gasteiger partial charge in [-0.25, -0.2) is 0 Å². The third kappa shape index (κ3) is 10.4. The van der Waals surface area contributed by atoms with Crippen LogP contribution in [0.3, 0.4) is 0 Å². The molecule has 0 aliphatic heterocycles. The van der Waals surface area contributed by atoms with E-state index in [1.807, 2.05) is 0 Å². The Morgan fingerprint density at radius 3 is 2.56 bits per heavy atom. The average Bonchev–Trinajstić information content (AvgIpc) is 2.23. The van der Waals surface area contributed by atoms with Crippen LogP contribution in [0.5, 0.6) is 0 Å². The van der Waals surface area contributed by atoms with Gasteiger partial charge in [-0.3, -0.25) is 0 Å². The number of hydrogen-bond donors (Lipinski definition) is 2. The van der Waals surface area contributed by atoms with Crippen LogP contribution in [0.2, 0.25) is 0 Å². The summed E-state index contributed by atoms with van der Waals surface area (Å²) >= 11 is 0. The van der Waals surface area contributed by atoms with E-state index in [2.05, 4.69) is 26.1 Å². The Kier molecular flexibility index (Phi) is 11.3. The maximum atomic E-state index is 8.91. The monoisotopic (exact) mass is 231 g/mol. The van der Waals surface area contributed by atoms with Crippen LogP contribution in [0.1, 0.15) is 40.0 Å². The molecular formula is C13H29NO2. The summed E-state index contributed by atoms with van der Waals surface area (Å²) in [5.74, 6) is 1.22. The molecule has 0 saturated heterocycles. The van der Waals surface area contributed by atoms with Crippen molar-refractivity contribution in [3.8, 4) is 0 Å². The highest BCUT2D eigenvalue weighted by atomic mass is 16.5. The molecule has 0 aromatic carbocycles. The van der Waals surface area contributed by atoms with Crippen LogP contribution in [0, 0.1) is 11.8 Å². The molecule has 3 nitrogen and oxygen atoms in total. The van der Waals surface area contributed by atoms with Crippen molar-refractivity contribution in [3.05, 3.63) is 0 Å². The Labute approximate surface area is 101 Å². The number of aliphatic hydroxyl groups is 1. The maximum absolute atomic E-state index is 8.91. The summed E-state index contributed by atoms with van der Waals surface area (Å²) in [5.41, 5.74) is 0. The van der Waals surface area contributed by atoms with Gasteiger partial charge in [0.25, 0.3) is 0 Å². The standard InChI is InChI=1S/C13H29NO2/c1-4-5-13(6-8-15)10-14-7-9-16-11-12(2)3/h12-15H,4-11H2,1-3H3.